The fraction of sp³-hybridized carbons (Fsp3) is 0.769. The van der Waals surface area contributed by atoms with Gasteiger partial charge in [0.2, 0.25) is 0 Å². The third-order valence-electron chi connectivity index (χ3n) is 3.65. The Bertz CT molecular complexity index is 291. The zero-order valence-corrected chi connectivity index (χ0v) is 10.7. The number of aliphatic hydroxyl groups is 1. The van der Waals surface area contributed by atoms with Gasteiger partial charge in [-0.15, -0.1) is 0 Å². The van der Waals surface area contributed by atoms with Crippen LogP contribution in [0.15, 0.2) is 11.6 Å². The maximum Gasteiger partial charge on any atom is 0.328 e. The minimum atomic E-state index is -0.917. The van der Waals surface area contributed by atoms with E-state index in [9.17, 15) is 9.90 Å². The first-order chi connectivity index (χ1) is 7.97. The van der Waals surface area contributed by atoms with E-state index in [4.69, 9.17) is 5.11 Å². The highest BCUT2D eigenvalue weighted by molar-refractivity contribution is 5.80. The SMILES string of the molecule is CC(=CC(=O)O)CNC1(CO)CCC(C)CC1. The number of hydrogen-bond acceptors (Lipinski definition) is 3. The van der Waals surface area contributed by atoms with E-state index in [1.165, 1.54) is 6.08 Å². The van der Waals surface area contributed by atoms with Gasteiger partial charge in [0.15, 0.2) is 0 Å². The Balaban J connectivity index is 2.50. The van der Waals surface area contributed by atoms with Crippen molar-refractivity contribution in [3.8, 4) is 0 Å². The molecule has 1 aliphatic carbocycles. The number of aliphatic carboxylic acids is 1. The Hall–Kier alpha value is -0.870. The zero-order chi connectivity index (χ0) is 12.9. The van der Waals surface area contributed by atoms with Gasteiger partial charge in [-0.05, 0) is 38.5 Å². The summed E-state index contributed by atoms with van der Waals surface area (Å²) >= 11 is 0. The Kier molecular flexibility index (Phi) is 5.15. The second-order valence-electron chi connectivity index (χ2n) is 5.30. The number of hydrogen-bond donors (Lipinski definition) is 3. The van der Waals surface area contributed by atoms with Crippen molar-refractivity contribution in [1.82, 2.24) is 5.32 Å². The molecule has 98 valence electrons. The van der Waals surface area contributed by atoms with Crippen molar-refractivity contribution in [2.75, 3.05) is 13.2 Å². The predicted octanol–water partition coefficient (Wildman–Crippen LogP) is 1.55. The van der Waals surface area contributed by atoms with Gasteiger partial charge in [0, 0.05) is 18.2 Å². The summed E-state index contributed by atoms with van der Waals surface area (Å²) in [5.74, 6) is -0.188. The first kappa shape index (κ1) is 14.2. The minimum Gasteiger partial charge on any atom is -0.478 e. The molecule has 1 saturated carbocycles. The van der Waals surface area contributed by atoms with Crippen molar-refractivity contribution in [3.05, 3.63) is 11.6 Å². The molecule has 0 unspecified atom stereocenters. The first-order valence-corrected chi connectivity index (χ1v) is 6.23. The lowest BCUT2D eigenvalue weighted by Gasteiger charge is -2.39. The maximum atomic E-state index is 10.5. The van der Waals surface area contributed by atoms with Gasteiger partial charge in [-0.3, -0.25) is 0 Å². The summed E-state index contributed by atoms with van der Waals surface area (Å²) in [6, 6.07) is 0. The van der Waals surface area contributed by atoms with E-state index in [0.29, 0.717) is 6.54 Å². The Morgan fingerprint density at radius 1 is 1.47 bits per heavy atom. The van der Waals surface area contributed by atoms with Crippen LogP contribution < -0.4 is 5.32 Å². The van der Waals surface area contributed by atoms with Crippen molar-refractivity contribution in [3.63, 3.8) is 0 Å². The lowest BCUT2D eigenvalue weighted by atomic mass is 9.77. The molecule has 1 rings (SSSR count). The number of carbonyl (C=O) groups is 1. The van der Waals surface area contributed by atoms with Crippen LogP contribution in [0.1, 0.15) is 39.5 Å². The highest BCUT2D eigenvalue weighted by atomic mass is 16.4. The molecule has 17 heavy (non-hydrogen) atoms. The average Bonchev–Trinajstić information content (AvgIpc) is 2.28. The van der Waals surface area contributed by atoms with Gasteiger partial charge < -0.3 is 15.5 Å². The summed E-state index contributed by atoms with van der Waals surface area (Å²) < 4.78 is 0. The molecule has 1 aliphatic rings. The van der Waals surface area contributed by atoms with Crippen LogP contribution in [-0.4, -0.2) is 34.9 Å². The van der Waals surface area contributed by atoms with Crippen LogP contribution in [0.25, 0.3) is 0 Å². The normalized spacial score (nSPS) is 30.3. The lowest BCUT2D eigenvalue weighted by Crippen LogP contribution is -2.51. The van der Waals surface area contributed by atoms with Crippen LogP contribution in [0.3, 0.4) is 0 Å². The van der Waals surface area contributed by atoms with E-state index < -0.39 is 5.97 Å². The number of nitrogens with one attached hydrogen (secondary N) is 1. The fourth-order valence-electron chi connectivity index (χ4n) is 2.29. The van der Waals surface area contributed by atoms with Crippen molar-refractivity contribution in [2.24, 2.45) is 5.92 Å². The third kappa shape index (κ3) is 4.48. The molecule has 0 amide bonds. The summed E-state index contributed by atoms with van der Waals surface area (Å²) in [6.45, 7) is 4.68. The molecule has 0 radical (unpaired) electrons. The van der Waals surface area contributed by atoms with Gasteiger partial charge in [-0.25, -0.2) is 4.79 Å². The molecule has 4 nitrogen and oxygen atoms in total. The molecule has 1 fully saturated rings. The summed E-state index contributed by atoms with van der Waals surface area (Å²) in [5, 5.41) is 21.5. The first-order valence-electron chi connectivity index (χ1n) is 6.23. The van der Waals surface area contributed by atoms with E-state index >= 15 is 0 Å². The van der Waals surface area contributed by atoms with Crippen molar-refractivity contribution < 1.29 is 15.0 Å². The van der Waals surface area contributed by atoms with E-state index in [1.54, 1.807) is 6.92 Å². The largest absolute Gasteiger partial charge is 0.478 e. The maximum absolute atomic E-state index is 10.5. The van der Waals surface area contributed by atoms with Gasteiger partial charge in [-0.2, -0.15) is 0 Å². The fourth-order valence-corrected chi connectivity index (χ4v) is 2.29. The zero-order valence-electron chi connectivity index (χ0n) is 10.7. The van der Waals surface area contributed by atoms with Crippen LogP contribution in [-0.2, 0) is 4.79 Å². The highest BCUT2D eigenvalue weighted by Crippen LogP contribution is 2.31. The number of rotatable bonds is 5. The molecule has 0 bridgehead atoms. The van der Waals surface area contributed by atoms with E-state index in [-0.39, 0.29) is 12.1 Å². The van der Waals surface area contributed by atoms with Crippen molar-refractivity contribution >= 4 is 5.97 Å². The van der Waals surface area contributed by atoms with Crippen molar-refractivity contribution in [1.29, 1.82) is 0 Å². The molecular formula is C13H23NO3. The van der Waals surface area contributed by atoms with Gasteiger partial charge in [0.25, 0.3) is 0 Å². The molecule has 0 atom stereocenters. The van der Waals surface area contributed by atoms with E-state index in [1.807, 2.05) is 0 Å². The molecule has 0 heterocycles. The molecular weight excluding hydrogens is 218 g/mol. The Morgan fingerprint density at radius 3 is 2.53 bits per heavy atom. The molecule has 0 aromatic rings. The monoisotopic (exact) mass is 241 g/mol. The number of carboxylic acids is 1. The summed E-state index contributed by atoms with van der Waals surface area (Å²) in [7, 11) is 0. The number of aliphatic hydroxyl groups excluding tert-OH is 1. The third-order valence-corrected chi connectivity index (χ3v) is 3.65. The summed E-state index contributed by atoms with van der Waals surface area (Å²) in [6.07, 6.45) is 5.38. The standard InChI is InChI=1S/C13H23NO3/c1-10-3-5-13(9-15,6-4-10)14-8-11(2)7-12(16)17/h7,10,14-15H,3-6,8-9H2,1-2H3,(H,16,17). The molecule has 0 aromatic heterocycles. The van der Waals surface area contributed by atoms with Gasteiger partial charge in [-0.1, -0.05) is 12.5 Å². The van der Waals surface area contributed by atoms with Gasteiger partial charge in [0.1, 0.15) is 0 Å². The summed E-state index contributed by atoms with van der Waals surface area (Å²) in [4.78, 5) is 10.5. The van der Waals surface area contributed by atoms with Crippen molar-refractivity contribution in [2.45, 2.75) is 45.1 Å². The molecule has 0 aliphatic heterocycles. The minimum absolute atomic E-state index is 0.125. The van der Waals surface area contributed by atoms with Gasteiger partial charge >= 0.3 is 5.97 Å². The summed E-state index contributed by atoms with van der Waals surface area (Å²) in [5.41, 5.74) is 0.573. The molecule has 0 saturated heterocycles. The molecule has 3 N–H and O–H groups in total. The highest BCUT2D eigenvalue weighted by Gasteiger charge is 2.32. The Labute approximate surface area is 103 Å². The second kappa shape index (κ2) is 6.17. The smallest absolute Gasteiger partial charge is 0.328 e. The topological polar surface area (TPSA) is 69.6 Å². The van der Waals surface area contributed by atoms with Crippen LogP contribution in [0.4, 0.5) is 0 Å². The molecule has 0 spiro atoms. The van der Waals surface area contributed by atoms with E-state index in [2.05, 4.69) is 12.2 Å². The average molecular weight is 241 g/mol. The molecule has 0 aromatic carbocycles. The van der Waals surface area contributed by atoms with Crippen LogP contribution in [0.5, 0.6) is 0 Å². The number of carboxylic acid groups (broad SMARTS) is 1. The van der Waals surface area contributed by atoms with Crippen LogP contribution in [0, 0.1) is 5.92 Å². The lowest BCUT2D eigenvalue weighted by molar-refractivity contribution is -0.131. The molecule has 4 heteroatoms. The van der Waals surface area contributed by atoms with Crippen LogP contribution >= 0.6 is 0 Å². The van der Waals surface area contributed by atoms with E-state index in [0.717, 1.165) is 37.2 Å². The second-order valence-corrected chi connectivity index (χ2v) is 5.30. The van der Waals surface area contributed by atoms with Gasteiger partial charge in [0.05, 0.1) is 6.61 Å². The van der Waals surface area contributed by atoms with Crippen LogP contribution in [0.2, 0.25) is 0 Å². The predicted molar refractivity (Wildman–Crippen MR) is 66.8 cm³/mol. The quantitative estimate of drug-likeness (QED) is 0.639. The Morgan fingerprint density at radius 2 is 2.06 bits per heavy atom.